The van der Waals surface area contributed by atoms with Gasteiger partial charge in [-0.1, -0.05) is 0 Å². The monoisotopic (exact) mass is 166 g/mol. The summed E-state index contributed by atoms with van der Waals surface area (Å²) in [6, 6.07) is 0. The van der Waals surface area contributed by atoms with Crippen molar-refractivity contribution in [1.29, 1.82) is 0 Å². The average molecular weight is 166 g/mol. The SMILES string of the molecule is O=C1OC2CCC3CC1CC2C3. The van der Waals surface area contributed by atoms with Crippen LogP contribution in [0.2, 0.25) is 0 Å². The van der Waals surface area contributed by atoms with Gasteiger partial charge < -0.3 is 4.74 Å². The predicted octanol–water partition coefficient (Wildman–Crippen LogP) is 1.74. The fourth-order valence-electron chi connectivity index (χ4n) is 3.25. The first-order valence-corrected chi connectivity index (χ1v) is 5.03. The maximum absolute atomic E-state index is 11.4. The minimum atomic E-state index is 0.0978. The maximum atomic E-state index is 11.4. The standard InChI is InChI=1S/C10H14O2/c11-10-8-4-6-1-2-9(12-10)7(3-6)5-8/h6-9H,1-5H2. The van der Waals surface area contributed by atoms with Gasteiger partial charge in [0.25, 0.3) is 0 Å². The Hall–Kier alpha value is -0.530. The number of carbonyl (C=O) groups is 1. The number of carbonyl (C=O) groups excluding carboxylic acids is 1. The number of fused-ring (bicyclic) bond motifs is 2. The van der Waals surface area contributed by atoms with Crippen LogP contribution < -0.4 is 0 Å². The molecule has 0 aromatic carbocycles. The van der Waals surface area contributed by atoms with E-state index in [2.05, 4.69) is 0 Å². The van der Waals surface area contributed by atoms with Crippen LogP contribution in [-0.2, 0) is 9.53 Å². The molecule has 3 aliphatic rings. The van der Waals surface area contributed by atoms with Gasteiger partial charge in [-0.15, -0.1) is 0 Å². The first-order valence-electron chi connectivity index (χ1n) is 5.03. The fourth-order valence-corrected chi connectivity index (χ4v) is 3.25. The summed E-state index contributed by atoms with van der Waals surface area (Å²) in [5.41, 5.74) is 0. The van der Waals surface area contributed by atoms with Gasteiger partial charge in [0.2, 0.25) is 0 Å². The molecule has 1 heterocycles. The molecule has 4 atom stereocenters. The first kappa shape index (κ1) is 6.93. The number of hydrogen-bond acceptors (Lipinski definition) is 2. The third-order valence-electron chi connectivity index (χ3n) is 3.83. The van der Waals surface area contributed by atoms with Crippen molar-refractivity contribution in [2.45, 2.75) is 38.2 Å². The predicted molar refractivity (Wildman–Crippen MR) is 43.4 cm³/mol. The van der Waals surface area contributed by atoms with E-state index in [4.69, 9.17) is 4.74 Å². The van der Waals surface area contributed by atoms with Crippen molar-refractivity contribution in [2.75, 3.05) is 0 Å². The third kappa shape index (κ3) is 0.838. The quantitative estimate of drug-likeness (QED) is 0.512. The zero-order chi connectivity index (χ0) is 8.13. The summed E-state index contributed by atoms with van der Waals surface area (Å²) in [5.74, 6) is 1.93. The van der Waals surface area contributed by atoms with Gasteiger partial charge in [0.05, 0.1) is 5.92 Å². The molecule has 1 saturated heterocycles. The van der Waals surface area contributed by atoms with E-state index in [1.54, 1.807) is 0 Å². The lowest BCUT2D eigenvalue weighted by atomic mass is 9.65. The Morgan fingerprint density at radius 2 is 2.08 bits per heavy atom. The molecule has 0 aromatic rings. The molecule has 4 unspecified atom stereocenters. The summed E-state index contributed by atoms with van der Waals surface area (Å²) >= 11 is 0. The van der Waals surface area contributed by atoms with Crippen LogP contribution in [-0.4, -0.2) is 12.1 Å². The van der Waals surface area contributed by atoms with Crippen molar-refractivity contribution in [3.05, 3.63) is 0 Å². The number of ether oxygens (including phenoxy) is 1. The van der Waals surface area contributed by atoms with E-state index in [1.807, 2.05) is 0 Å². The molecule has 2 aliphatic carbocycles. The zero-order valence-corrected chi connectivity index (χ0v) is 7.16. The molecule has 0 radical (unpaired) electrons. The van der Waals surface area contributed by atoms with E-state index in [9.17, 15) is 4.79 Å². The highest BCUT2D eigenvalue weighted by atomic mass is 16.5. The molecule has 0 aromatic heterocycles. The Balaban J connectivity index is 1.92. The maximum Gasteiger partial charge on any atom is 0.309 e. The smallest absolute Gasteiger partial charge is 0.309 e. The molecular weight excluding hydrogens is 152 g/mol. The van der Waals surface area contributed by atoms with Crippen molar-refractivity contribution in [3.63, 3.8) is 0 Å². The van der Waals surface area contributed by atoms with E-state index >= 15 is 0 Å². The average Bonchev–Trinajstić information content (AvgIpc) is 2.07. The summed E-state index contributed by atoms with van der Waals surface area (Å²) < 4.78 is 5.40. The minimum Gasteiger partial charge on any atom is -0.462 e. The van der Waals surface area contributed by atoms with Crippen molar-refractivity contribution < 1.29 is 9.53 Å². The molecule has 0 amide bonds. The molecule has 12 heavy (non-hydrogen) atoms. The topological polar surface area (TPSA) is 26.3 Å². The summed E-state index contributed by atoms with van der Waals surface area (Å²) in [6.07, 6.45) is 6.29. The Bertz CT molecular complexity index is 222. The van der Waals surface area contributed by atoms with Crippen LogP contribution in [0.15, 0.2) is 0 Å². The number of esters is 1. The van der Waals surface area contributed by atoms with Crippen LogP contribution in [0.5, 0.6) is 0 Å². The van der Waals surface area contributed by atoms with Gasteiger partial charge in [-0.25, -0.2) is 0 Å². The molecule has 2 nitrogen and oxygen atoms in total. The van der Waals surface area contributed by atoms with Crippen molar-refractivity contribution in [3.8, 4) is 0 Å². The largest absolute Gasteiger partial charge is 0.462 e. The van der Waals surface area contributed by atoms with Crippen LogP contribution in [0.4, 0.5) is 0 Å². The Labute approximate surface area is 72.3 Å². The van der Waals surface area contributed by atoms with E-state index in [1.165, 1.54) is 12.8 Å². The molecule has 1 aliphatic heterocycles. The second-order valence-corrected chi connectivity index (χ2v) is 4.58. The number of hydrogen-bond donors (Lipinski definition) is 0. The lowest BCUT2D eigenvalue weighted by Crippen LogP contribution is -2.46. The molecular formula is C10H14O2. The highest BCUT2D eigenvalue weighted by molar-refractivity contribution is 5.73. The third-order valence-corrected chi connectivity index (χ3v) is 3.83. The molecule has 3 fully saturated rings. The van der Waals surface area contributed by atoms with Crippen LogP contribution in [0.25, 0.3) is 0 Å². The van der Waals surface area contributed by atoms with E-state index < -0.39 is 0 Å². The highest BCUT2D eigenvalue weighted by Gasteiger charge is 2.46. The first-order chi connectivity index (χ1) is 5.83. The summed E-state index contributed by atoms with van der Waals surface area (Å²) in [4.78, 5) is 11.4. The van der Waals surface area contributed by atoms with Crippen LogP contribution in [0.1, 0.15) is 32.1 Å². The normalized spacial score (nSPS) is 50.5. The van der Waals surface area contributed by atoms with Crippen molar-refractivity contribution in [2.24, 2.45) is 17.8 Å². The van der Waals surface area contributed by atoms with Gasteiger partial charge in [0, 0.05) is 0 Å². The Morgan fingerprint density at radius 3 is 3.00 bits per heavy atom. The van der Waals surface area contributed by atoms with Gasteiger partial charge in [0.1, 0.15) is 6.10 Å². The lowest BCUT2D eigenvalue weighted by Gasteiger charge is -2.46. The van der Waals surface area contributed by atoms with Gasteiger partial charge >= 0.3 is 5.97 Å². The molecule has 0 spiro atoms. The Kier molecular flexibility index (Phi) is 1.29. The molecule has 3 rings (SSSR count). The second kappa shape index (κ2) is 2.24. The van der Waals surface area contributed by atoms with Gasteiger partial charge in [-0.2, -0.15) is 0 Å². The minimum absolute atomic E-state index is 0.0978. The van der Waals surface area contributed by atoms with E-state index in [0.29, 0.717) is 6.10 Å². The second-order valence-electron chi connectivity index (χ2n) is 4.58. The fraction of sp³-hybridized carbons (Fsp3) is 0.900. The molecule has 2 heteroatoms. The molecule has 2 saturated carbocycles. The highest BCUT2D eigenvalue weighted by Crippen LogP contribution is 2.47. The van der Waals surface area contributed by atoms with E-state index in [0.717, 1.165) is 31.1 Å². The summed E-state index contributed by atoms with van der Waals surface area (Å²) in [5, 5.41) is 0. The molecule has 3 bridgehead atoms. The number of rotatable bonds is 0. The van der Waals surface area contributed by atoms with Crippen LogP contribution in [0, 0.1) is 17.8 Å². The van der Waals surface area contributed by atoms with Gasteiger partial charge in [0.15, 0.2) is 0 Å². The van der Waals surface area contributed by atoms with Gasteiger partial charge in [-0.05, 0) is 43.9 Å². The van der Waals surface area contributed by atoms with Crippen molar-refractivity contribution in [1.82, 2.24) is 0 Å². The van der Waals surface area contributed by atoms with Crippen LogP contribution >= 0.6 is 0 Å². The summed E-state index contributed by atoms with van der Waals surface area (Å²) in [6.45, 7) is 0. The summed E-state index contributed by atoms with van der Waals surface area (Å²) in [7, 11) is 0. The van der Waals surface area contributed by atoms with Crippen molar-refractivity contribution >= 4 is 5.97 Å². The lowest BCUT2D eigenvalue weighted by molar-refractivity contribution is -0.178. The molecule has 0 N–H and O–H groups in total. The van der Waals surface area contributed by atoms with E-state index in [-0.39, 0.29) is 11.9 Å². The zero-order valence-electron chi connectivity index (χ0n) is 7.16. The molecule has 66 valence electrons. The van der Waals surface area contributed by atoms with Gasteiger partial charge in [-0.3, -0.25) is 4.79 Å². The Morgan fingerprint density at radius 1 is 1.17 bits per heavy atom. The van der Waals surface area contributed by atoms with Crippen LogP contribution in [0.3, 0.4) is 0 Å².